The molecule has 4 heteroatoms. The van der Waals surface area contributed by atoms with Crippen LogP contribution in [0.1, 0.15) is 36.0 Å². The molecule has 3 nitrogen and oxygen atoms in total. The van der Waals surface area contributed by atoms with Crippen molar-refractivity contribution in [1.82, 2.24) is 9.97 Å². The molecular weight excluding hydrogens is 278 g/mol. The Kier molecular flexibility index (Phi) is 6.05. The predicted octanol–water partition coefficient (Wildman–Crippen LogP) is 4.35. The number of rotatable bonds is 7. The Hall–Kier alpha value is -1.55. The number of thioether (sulfide) groups is 1. The molecule has 0 unspecified atom stereocenters. The number of aryl methyl sites for hydroxylation is 2. The minimum absolute atomic E-state index is 0.844. The second-order valence-corrected chi connectivity index (χ2v) is 6.14. The Balaban J connectivity index is 1.93. The first-order valence-electron chi connectivity index (χ1n) is 7.39. The summed E-state index contributed by atoms with van der Waals surface area (Å²) >= 11 is 1.86. The van der Waals surface area contributed by atoms with E-state index < -0.39 is 0 Å². The smallest absolute Gasteiger partial charge is 0.140 e. The van der Waals surface area contributed by atoms with Gasteiger partial charge in [0.15, 0.2) is 0 Å². The Labute approximate surface area is 131 Å². The number of hydrogen-bond donors (Lipinski definition) is 1. The fourth-order valence-electron chi connectivity index (χ4n) is 2.06. The van der Waals surface area contributed by atoms with Gasteiger partial charge in [0.1, 0.15) is 11.6 Å². The van der Waals surface area contributed by atoms with Crippen LogP contribution in [-0.2, 0) is 11.5 Å². The molecule has 0 bridgehead atoms. The third kappa shape index (κ3) is 5.05. The van der Waals surface area contributed by atoms with Gasteiger partial charge in [-0.15, -0.1) is 11.8 Å². The van der Waals surface area contributed by atoms with Crippen LogP contribution >= 0.6 is 11.8 Å². The molecule has 0 radical (unpaired) electrons. The van der Waals surface area contributed by atoms with Gasteiger partial charge in [-0.05, 0) is 31.4 Å². The fourth-order valence-corrected chi connectivity index (χ4v) is 3.02. The SMILES string of the molecule is CCCNc1cc(C)nc(CSCc2ccccc2C)n1. The Morgan fingerprint density at radius 1 is 1.10 bits per heavy atom. The summed E-state index contributed by atoms with van der Waals surface area (Å²) in [7, 11) is 0. The van der Waals surface area contributed by atoms with Gasteiger partial charge in [0.25, 0.3) is 0 Å². The monoisotopic (exact) mass is 301 g/mol. The zero-order valence-electron chi connectivity index (χ0n) is 13.0. The molecule has 2 aromatic rings. The molecule has 0 aliphatic rings. The highest BCUT2D eigenvalue weighted by atomic mass is 32.2. The van der Waals surface area contributed by atoms with Gasteiger partial charge >= 0.3 is 0 Å². The van der Waals surface area contributed by atoms with Gasteiger partial charge < -0.3 is 5.32 Å². The number of anilines is 1. The Morgan fingerprint density at radius 2 is 1.90 bits per heavy atom. The number of nitrogens with zero attached hydrogens (tertiary/aromatic N) is 2. The van der Waals surface area contributed by atoms with E-state index in [2.05, 4.69) is 53.4 Å². The number of nitrogens with one attached hydrogen (secondary N) is 1. The third-order valence-corrected chi connectivity index (χ3v) is 4.18. The van der Waals surface area contributed by atoms with E-state index in [1.807, 2.05) is 24.8 Å². The lowest BCUT2D eigenvalue weighted by Crippen LogP contribution is -2.05. The van der Waals surface area contributed by atoms with Crippen molar-refractivity contribution in [3.05, 3.63) is 53.0 Å². The molecule has 0 aliphatic carbocycles. The van der Waals surface area contributed by atoms with Crippen LogP contribution in [0.3, 0.4) is 0 Å². The summed E-state index contributed by atoms with van der Waals surface area (Å²) in [4.78, 5) is 9.11. The highest BCUT2D eigenvalue weighted by Gasteiger charge is 2.03. The van der Waals surface area contributed by atoms with Crippen LogP contribution in [-0.4, -0.2) is 16.5 Å². The van der Waals surface area contributed by atoms with Crippen LogP contribution in [0.5, 0.6) is 0 Å². The quantitative estimate of drug-likeness (QED) is 0.825. The summed E-state index contributed by atoms with van der Waals surface area (Å²) < 4.78 is 0. The van der Waals surface area contributed by atoms with E-state index in [1.165, 1.54) is 11.1 Å². The second kappa shape index (κ2) is 8.03. The van der Waals surface area contributed by atoms with Gasteiger partial charge in [0, 0.05) is 24.1 Å². The van der Waals surface area contributed by atoms with Crippen molar-refractivity contribution in [2.75, 3.05) is 11.9 Å². The largest absolute Gasteiger partial charge is 0.370 e. The minimum atomic E-state index is 0.844. The van der Waals surface area contributed by atoms with Crippen LogP contribution < -0.4 is 5.32 Å². The highest BCUT2D eigenvalue weighted by molar-refractivity contribution is 7.97. The molecule has 0 saturated heterocycles. The molecule has 112 valence electrons. The molecule has 0 saturated carbocycles. The summed E-state index contributed by atoms with van der Waals surface area (Å²) in [5.41, 5.74) is 3.76. The van der Waals surface area contributed by atoms with Gasteiger partial charge in [-0.2, -0.15) is 0 Å². The second-order valence-electron chi connectivity index (χ2n) is 5.16. The van der Waals surface area contributed by atoms with Crippen LogP contribution in [0, 0.1) is 13.8 Å². The lowest BCUT2D eigenvalue weighted by atomic mass is 10.1. The fraction of sp³-hybridized carbons (Fsp3) is 0.412. The molecule has 1 aromatic carbocycles. The first-order chi connectivity index (χ1) is 10.2. The van der Waals surface area contributed by atoms with Gasteiger partial charge in [-0.25, -0.2) is 9.97 Å². The van der Waals surface area contributed by atoms with E-state index in [1.54, 1.807) is 0 Å². The first kappa shape index (κ1) is 15.8. The van der Waals surface area contributed by atoms with E-state index in [4.69, 9.17) is 0 Å². The molecule has 2 rings (SSSR count). The highest BCUT2D eigenvalue weighted by Crippen LogP contribution is 2.19. The molecule has 0 atom stereocenters. The first-order valence-corrected chi connectivity index (χ1v) is 8.55. The standard InChI is InChI=1S/C17H23N3S/c1-4-9-18-16-10-14(3)19-17(20-16)12-21-11-15-8-6-5-7-13(15)2/h5-8,10H,4,9,11-12H2,1-3H3,(H,18,19,20). The molecule has 21 heavy (non-hydrogen) atoms. The van der Waals surface area contributed by atoms with Gasteiger partial charge in [-0.3, -0.25) is 0 Å². The van der Waals surface area contributed by atoms with Crippen molar-refractivity contribution < 1.29 is 0 Å². The van der Waals surface area contributed by atoms with E-state index in [9.17, 15) is 0 Å². The molecule has 0 amide bonds. The van der Waals surface area contributed by atoms with Crippen molar-refractivity contribution in [1.29, 1.82) is 0 Å². The van der Waals surface area contributed by atoms with Crippen molar-refractivity contribution in [2.45, 2.75) is 38.7 Å². The predicted molar refractivity (Wildman–Crippen MR) is 91.7 cm³/mol. The molecule has 1 heterocycles. The van der Waals surface area contributed by atoms with Crippen LogP contribution in [0.4, 0.5) is 5.82 Å². The van der Waals surface area contributed by atoms with Crippen molar-refractivity contribution >= 4 is 17.6 Å². The topological polar surface area (TPSA) is 37.8 Å². The van der Waals surface area contributed by atoms with Crippen LogP contribution in [0.15, 0.2) is 30.3 Å². The van der Waals surface area contributed by atoms with E-state index in [-0.39, 0.29) is 0 Å². The van der Waals surface area contributed by atoms with Crippen molar-refractivity contribution in [2.24, 2.45) is 0 Å². The maximum absolute atomic E-state index is 4.58. The maximum Gasteiger partial charge on any atom is 0.140 e. The van der Waals surface area contributed by atoms with E-state index in [0.717, 1.165) is 41.8 Å². The van der Waals surface area contributed by atoms with Gasteiger partial charge in [0.2, 0.25) is 0 Å². The summed E-state index contributed by atoms with van der Waals surface area (Å²) in [6.07, 6.45) is 1.10. The van der Waals surface area contributed by atoms with Gasteiger partial charge in [0.05, 0.1) is 5.75 Å². The average molecular weight is 301 g/mol. The third-order valence-electron chi connectivity index (χ3n) is 3.21. The lowest BCUT2D eigenvalue weighted by molar-refractivity contribution is 0.940. The summed E-state index contributed by atoms with van der Waals surface area (Å²) in [6.45, 7) is 7.28. The minimum Gasteiger partial charge on any atom is -0.370 e. The van der Waals surface area contributed by atoms with Crippen molar-refractivity contribution in [3.8, 4) is 0 Å². The molecular formula is C17H23N3S. The molecule has 0 aliphatic heterocycles. The molecule has 1 N–H and O–H groups in total. The lowest BCUT2D eigenvalue weighted by Gasteiger charge is -2.08. The Bertz CT molecular complexity index is 584. The summed E-state index contributed by atoms with van der Waals surface area (Å²) in [6, 6.07) is 10.5. The maximum atomic E-state index is 4.58. The number of aromatic nitrogens is 2. The van der Waals surface area contributed by atoms with Crippen LogP contribution in [0.2, 0.25) is 0 Å². The average Bonchev–Trinajstić information content (AvgIpc) is 2.47. The Morgan fingerprint density at radius 3 is 2.67 bits per heavy atom. The van der Waals surface area contributed by atoms with Crippen molar-refractivity contribution in [3.63, 3.8) is 0 Å². The molecule has 1 aromatic heterocycles. The summed E-state index contributed by atoms with van der Waals surface area (Å²) in [5.74, 6) is 3.70. The number of hydrogen-bond acceptors (Lipinski definition) is 4. The van der Waals surface area contributed by atoms with E-state index in [0.29, 0.717) is 0 Å². The molecule has 0 spiro atoms. The summed E-state index contributed by atoms with van der Waals surface area (Å²) in [5, 5.41) is 3.33. The van der Waals surface area contributed by atoms with E-state index >= 15 is 0 Å². The van der Waals surface area contributed by atoms with Crippen LogP contribution in [0.25, 0.3) is 0 Å². The number of benzene rings is 1. The zero-order chi connectivity index (χ0) is 15.1. The zero-order valence-corrected chi connectivity index (χ0v) is 13.8. The van der Waals surface area contributed by atoms with Gasteiger partial charge in [-0.1, -0.05) is 31.2 Å². The normalized spacial score (nSPS) is 10.6. The molecule has 0 fully saturated rings.